The molecule has 0 aliphatic heterocycles. The molecule has 0 aromatic carbocycles. The normalized spacial score (nSPS) is 30.6. The van der Waals surface area contributed by atoms with Gasteiger partial charge in [-0.2, -0.15) is 0 Å². The summed E-state index contributed by atoms with van der Waals surface area (Å²) in [5.74, 6) is -0.174. The Morgan fingerprint density at radius 1 is 1.86 bits per heavy atom. The second-order valence-corrected chi connectivity index (χ2v) is 1.74. The average molecular weight is 102 g/mol. The summed E-state index contributed by atoms with van der Waals surface area (Å²) in [7, 11) is 0. The molecule has 1 aliphatic rings. The quantitative estimate of drug-likeness (QED) is 0.483. The minimum Gasteiger partial charge on any atom is -0.392 e. The smallest absolute Gasteiger partial charge is 0.0986 e. The Bertz CT molecular complexity index is 98.3. The Labute approximate surface area is 41.5 Å². The molecule has 1 aliphatic carbocycles. The third-order valence-corrected chi connectivity index (χ3v) is 1.04. The number of aliphatic hydroxyl groups excluding tert-OH is 1. The van der Waals surface area contributed by atoms with Crippen LogP contribution in [0.5, 0.6) is 0 Å². The number of halogens is 1. The average Bonchev–Trinajstić information content (AvgIpc) is 1.87. The molecule has 0 saturated carbocycles. The van der Waals surface area contributed by atoms with Gasteiger partial charge in [0.25, 0.3) is 0 Å². The SMILES string of the molecule is OC1CC=C(F)C1. The zero-order valence-corrected chi connectivity index (χ0v) is 3.89. The molecule has 1 N–H and O–H groups in total. The summed E-state index contributed by atoms with van der Waals surface area (Å²) in [5.41, 5.74) is 0. The van der Waals surface area contributed by atoms with Gasteiger partial charge in [-0.3, -0.25) is 0 Å². The van der Waals surface area contributed by atoms with E-state index in [1.807, 2.05) is 0 Å². The van der Waals surface area contributed by atoms with E-state index in [0.29, 0.717) is 6.42 Å². The molecule has 0 radical (unpaired) electrons. The maximum absolute atomic E-state index is 11.9. The largest absolute Gasteiger partial charge is 0.392 e. The second kappa shape index (κ2) is 1.62. The van der Waals surface area contributed by atoms with E-state index in [-0.39, 0.29) is 12.2 Å². The van der Waals surface area contributed by atoms with Crippen molar-refractivity contribution in [1.29, 1.82) is 0 Å². The van der Waals surface area contributed by atoms with Gasteiger partial charge in [0.15, 0.2) is 0 Å². The lowest BCUT2D eigenvalue weighted by molar-refractivity contribution is 0.183. The lowest BCUT2D eigenvalue weighted by Gasteiger charge is -1.92. The molecule has 0 heterocycles. The zero-order valence-electron chi connectivity index (χ0n) is 3.89. The molecule has 0 amide bonds. The van der Waals surface area contributed by atoms with Gasteiger partial charge in [-0.25, -0.2) is 4.39 Å². The highest BCUT2D eigenvalue weighted by Gasteiger charge is 2.12. The summed E-state index contributed by atoms with van der Waals surface area (Å²) in [6.07, 6.45) is 1.69. The van der Waals surface area contributed by atoms with Crippen molar-refractivity contribution in [3.63, 3.8) is 0 Å². The van der Waals surface area contributed by atoms with Crippen molar-refractivity contribution in [2.45, 2.75) is 18.9 Å². The van der Waals surface area contributed by atoms with E-state index >= 15 is 0 Å². The lowest BCUT2D eigenvalue weighted by Crippen LogP contribution is -1.96. The maximum atomic E-state index is 11.9. The van der Waals surface area contributed by atoms with Gasteiger partial charge < -0.3 is 5.11 Å². The molecule has 0 saturated heterocycles. The highest BCUT2D eigenvalue weighted by molar-refractivity contribution is 5.01. The van der Waals surface area contributed by atoms with E-state index in [9.17, 15) is 4.39 Å². The molecule has 2 heteroatoms. The first kappa shape index (κ1) is 4.78. The molecule has 0 aromatic heterocycles. The Morgan fingerprint density at radius 2 is 2.57 bits per heavy atom. The van der Waals surface area contributed by atoms with E-state index in [2.05, 4.69) is 0 Å². The number of hydrogen-bond acceptors (Lipinski definition) is 1. The van der Waals surface area contributed by atoms with Crippen LogP contribution in [0.15, 0.2) is 11.9 Å². The molecule has 1 rings (SSSR count). The van der Waals surface area contributed by atoms with Crippen LogP contribution in [0.2, 0.25) is 0 Å². The second-order valence-electron chi connectivity index (χ2n) is 1.74. The van der Waals surface area contributed by atoms with Gasteiger partial charge in [-0.05, 0) is 6.42 Å². The molecule has 0 bridgehead atoms. The summed E-state index contributed by atoms with van der Waals surface area (Å²) in [4.78, 5) is 0. The van der Waals surface area contributed by atoms with Crippen LogP contribution in [0.4, 0.5) is 4.39 Å². The van der Waals surface area contributed by atoms with Crippen molar-refractivity contribution in [2.24, 2.45) is 0 Å². The molecule has 40 valence electrons. The fourth-order valence-corrected chi connectivity index (χ4v) is 0.656. The molecule has 1 atom stereocenters. The van der Waals surface area contributed by atoms with Crippen molar-refractivity contribution in [1.82, 2.24) is 0 Å². The van der Waals surface area contributed by atoms with Crippen molar-refractivity contribution < 1.29 is 9.50 Å². The van der Waals surface area contributed by atoms with E-state index in [0.717, 1.165) is 0 Å². The third kappa shape index (κ3) is 0.996. The van der Waals surface area contributed by atoms with Crippen molar-refractivity contribution >= 4 is 0 Å². The Kier molecular flexibility index (Phi) is 1.11. The molecule has 7 heavy (non-hydrogen) atoms. The van der Waals surface area contributed by atoms with Crippen LogP contribution < -0.4 is 0 Å². The fraction of sp³-hybridized carbons (Fsp3) is 0.600. The predicted molar refractivity (Wildman–Crippen MR) is 24.4 cm³/mol. The number of hydrogen-bond donors (Lipinski definition) is 1. The summed E-state index contributed by atoms with van der Waals surface area (Å²) >= 11 is 0. The van der Waals surface area contributed by atoms with Crippen LogP contribution in [0.3, 0.4) is 0 Å². The molecular formula is C5H7FO. The first-order chi connectivity index (χ1) is 3.29. The Morgan fingerprint density at radius 3 is 2.71 bits per heavy atom. The van der Waals surface area contributed by atoms with Crippen LogP contribution in [0.1, 0.15) is 12.8 Å². The summed E-state index contributed by atoms with van der Waals surface area (Å²) in [5, 5.41) is 8.61. The Hall–Kier alpha value is -0.370. The van der Waals surface area contributed by atoms with E-state index in [1.54, 1.807) is 0 Å². The molecule has 0 spiro atoms. The topological polar surface area (TPSA) is 20.2 Å². The first-order valence-corrected chi connectivity index (χ1v) is 2.31. The van der Waals surface area contributed by atoms with Gasteiger partial charge in [0.2, 0.25) is 0 Å². The van der Waals surface area contributed by atoms with Crippen LogP contribution in [-0.4, -0.2) is 11.2 Å². The highest BCUT2D eigenvalue weighted by Crippen LogP contribution is 2.18. The minimum absolute atomic E-state index is 0.174. The third-order valence-electron chi connectivity index (χ3n) is 1.04. The molecule has 0 aromatic rings. The van der Waals surface area contributed by atoms with Gasteiger partial charge in [0.05, 0.1) is 11.9 Å². The Balaban J connectivity index is 2.42. The van der Waals surface area contributed by atoms with Gasteiger partial charge in [-0.1, -0.05) is 6.08 Å². The summed E-state index contributed by atoms with van der Waals surface area (Å²) in [6.45, 7) is 0. The van der Waals surface area contributed by atoms with Gasteiger partial charge >= 0.3 is 0 Å². The monoisotopic (exact) mass is 102 g/mol. The summed E-state index contributed by atoms with van der Waals surface area (Å²) < 4.78 is 11.9. The molecular weight excluding hydrogens is 95.1 g/mol. The standard InChI is InChI=1S/C5H7FO/c6-4-1-2-5(7)3-4/h1,5,7H,2-3H2. The molecule has 1 unspecified atom stereocenters. The van der Waals surface area contributed by atoms with Gasteiger partial charge in [-0.15, -0.1) is 0 Å². The van der Waals surface area contributed by atoms with Crippen LogP contribution in [0, 0.1) is 0 Å². The van der Waals surface area contributed by atoms with Crippen LogP contribution >= 0.6 is 0 Å². The van der Waals surface area contributed by atoms with Crippen LogP contribution in [-0.2, 0) is 0 Å². The van der Waals surface area contributed by atoms with Crippen LogP contribution in [0.25, 0.3) is 0 Å². The zero-order chi connectivity index (χ0) is 5.28. The summed E-state index contributed by atoms with van der Waals surface area (Å²) in [6, 6.07) is 0. The predicted octanol–water partition coefficient (Wildman–Crippen LogP) is 0.994. The van der Waals surface area contributed by atoms with Crippen molar-refractivity contribution in [3.8, 4) is 0 Å². The molecule has 1 nitrogen and oxygen atoms in total. The fourth-order valence-electron chi connectivity index (χ4n) is 0.656. The van der Waals surface area contributed by atoms with Crippen molar-refractivity contribution in [2.75, 3.05) is 0 Å². The van der Waals surface area contributed by atoms with E-state index < -0.39 is 6.10 Å². The van der Waals surface area contributed by atoms with Gasteiger partial charge in [0, 0.05) is 6.42 Å². The van der Waals surface area contributed by atoms with Crippen molar-refractivity contribution in [3.05, 3.63) is 11.9 Å². The first-order valence-electron chi connectivity index (χ1n) is 2.31. The number of aliphatic hydroxyl groups is 1. The lowest BCUT2D eigenvalue weighted by atomic mass is 10.3. The highest BCUT2D eigenvalue weighted by atomic mass is 19.1. The van der Waals surface area contributed by atoms with Gasteiger partial charge in [0.1, 0.15) is 0 Å². The number of rotatable bonds is 0. The van der Waals surface area contributed by atoms with E-state index in [4.69, 9.17) is 5.11 Å². The van der Waals surface area contributed by atoms with E-state index in [1.165, 1.54) is 6.08 Å². The molecule has 0 fully saturated rings. The minimum atomic E-state index is -0.444. The maximum Gasteiger partial charge on any atom is 0.0986 e.